The molecule has 0 unspecified atom stereocenters. The molecule has 0 aliphatic rings. The number of Topliss-reactive ketones (excluding diaryl/α,β-unsaturated/α-hetero) is 1. The van der Waals surface area contributed by atoms with Crippen molar-refractivity contribution in [2.75, 3.05) is 23.8 Å². The number of ketones is 1. The molecular weight excluding hydrogens is 440 g/mol. The van der Waals surface area contributed by atoms with Gasteiger partial charge in [0.1, 0.15) is 0 Å². The van der Waals surface area contributed by atoms with Crippen LogP contribution < -0.4 is 10.6 Å². The van der Waals surface area contributed by atoms with Crippen molar-refractivity contribution < 1.29 is 33.4 Å². The number of anilines is 2. The molecule has 0 bridgehead atoms. The average Bonchev–Trinajstić information content (AvgIpc) is 2.80. The number of amides is 2. The molecule has 0 aromatic heterocycles. The minimum Gasteiger partial charge on any atom is -0.462 e. The molecule has 2 aromatic rings. The molecule has 0 saturated heterocycles. The normalized spacial score (nSPS) is 10.4. The third kappa shape index (κ3) is 9.23. The van der Waals surface area contributed by atoms with Crippen LogP contribution in [0.15, 0.2) is 48.5 Å². The summed E-state index contributed by atoms with van der Waals surface area (Å²) in [6.07, 6.45) is -0.336. The Morgan fingerprint density at radius 2 is 1.26 bits per heavy atom. The van der Waals surface area contributed by atoms with Gasteiger partial charge < -0.3 is 20.1 Å². The lowest BCUT2D eigenvalue weighted by Crippen LogP contribution is -2.21. The lowest BCUT2D eigenvalue weighted by Gasteiger charge is -2.09. The summed E-state index contributed by atoms with van der Waals surface area (Å²) in [4.78, 5) is 59.0. The van der Waals surface area contributed by atoms with Crippen molar-refractivity contribution in [2.45, 2.75) is 33.6 Å². The van der Waals surface area contributed by atoms with Crippen molar-refractivity contribution in [3.8, 4) is 0 Å². The number of nitrogens with one attached hydrogen (secondary N) is 2. The van der Waals surface area contributed by atoms with E-state index in [9.17, 15) is 24.0 Å². The number of hydrogen-bond donors (Lipinski definition) is 2. The highest BCUT2D eigenvalue weighted by Gasteiger charge is 2.12. The van der Waals surface area contributed by atoms with Crippen molar-refractivity contribution in [1.29, 1.82) is 0 Å². The molecule has 9 heteroatoms. The van der Waals surface area contributed by atoms with E-state index < -0.39 is 30.4 Å². The topological polar surface area (TPSA) is 128 Å². The molecule has 2 rings (SSSR count). The monoisotopic (exact) mass is 468 g/mol. The molecule has 0 fully saturated rings. The van der Waals surface area contributed by atoms with Gasteiger partial charge in [-0.3, -0.25) is 19.2 Å². The maximum absolute atomic E-state index is 12.1. The zero-order chi connectivity index (χ0) is 25.1. The van der Waals surface area contributed by atoms with E-state index in [4.69, 9.17) is 9.47 Å². The predicted molar refractivity (Wildman–Crippen MR) is 125 cm³/mol. The lowest BCUT2D eigenvalue weighted by atomic mass is 10.1. The van der Waals surface area contributed by atoms with Gasteiger partial charge in [-0.1, -0.05) is 13.8 Å². The van der Waals surface area contributed by atoms with Gasteiger partial charge in [-0.15, -0.1) is 0 Å². The minimum absolute atomic E-state index is 0.0883. The van der Waals surface area contributed by atoms with Crippen molar-refractivity contribution in [3.05, 3.63) is 59.7 Å². The van der Waals surface area contributed by atoms with Gasteiger partial charge >= 0.3 is 11.9 Å². The van der Waals surface area contributed by atoms with Gasteiger partial charge in [0.15, 0.2) is 12.4 Å². The fraction of sp³-hybridized carbons (Fsp3) is 0.320. The molecule has 180 valence electrons. The van der Waals surface area contributed by atoms with E-state index in [1.54, 1.807) is 48.5 Å². The first kappa shape index (κ1) is 26.2. The molecule has 9 nitrogen and oxygen atoms in total. The molecule has 0 aliphatic heterocycles. The quantitative estimate of drug-likeness (QED) is 0.381. The van der Waals surface area contributed by atoms with Crippen LogP contribution in [0.5, 0.6) is 0 Å². The second-order valence-corrected chi connectivity index (χ2v) is 7.96. The first-order valence-electron chi connectivity index (χ1n) is 10.8. The molecule has 34 heavy (non-hydrogen) atoms. The summed E-state index contributed by atoms with van der Waals surface area (Å²) in [5.41, 5.74) is 1.82. The summed E-state index contributed by atoms with van der Waals surface area (Å²) in [7, 11) is 0. The first-order valence-corrected chi connectivity index (χ1v) is 10.8. The van der Waals surface area contributed by atoms with Gasteiger partial charge in [0, 0.05) is 23.4 Å². The Bertz CT molecular complexity index is 1030. The summed E-state index contributed by atoms with van der Waals surface area (Å²) >= 11 is 0. The first-order chi connectivity index (χ1) is 16.1. The number of esters is 2. The zero-order valence-electron chi connectivity index (χ0n) is 19.4. The van der Waals surface area contributed by atoms with Crippen LogP contribution in [-0.4, -0.2) is 42.7 Å². The van der Waals surface area contributed by atoms with Crippen LogP contribution in [-0.2, 0) is 23.9 Å². The molecule has 0 heterocycles. The molecule has 0 spiro atoms. The number of benzene rings is 2. The van der Waals surface area contributed by atoms with Crippen LogP contribution in [0, 0.1) is 5.92 Å². The van der Waals surface area contributed by atoms with Gasteiger partial charge in [-0.05, 0) is 61.4 Å². The highest BCUT2D eigenvalue weighted by Crippen LogP contribution is 2.12. The van der Waals surface area contributed by atoms with Gasteiger partial charge in [0.2, 0.25) is 5.91 Å². The third-order valence-corrected chi connectivity index (χ3v) is 4.45. The van der Waals surface area contributed by atoms with Crippen LogP contribution >= 0.6 is 0 Å². The van der Waals surface area contributed by atoms with E-state index in [0.29, 0.717) is 29.1 Å². The van der Waals surface area contributed by atoms with E-state index in [1.807, 2.05) is 13.8 Å². The number of hydrogen-bond acceptors (Lipinski definition) is 7. The molecular formula is C25H28N2O7. The largest absolute Gasteiger partial charge is 0.462 e. The Hall–Kier alpha value is -4.01. The minimum atomic E-state index is -0.694. The summed E-state index contributed by atoms with van der Waals surface area (Å²) in [5, 5.41) is 5.17. The maximum Gasteiger partial charge on any atom is 0.338 e. The summed E-state index contributed by atoms with van der Waals surface area (Å²) in [6.45, 7) is 5.14. The van der Waals surface area contributed by atoms with Crippen molar-refractivity contribution >= 4 is 40.9 Å². The van der Waals surface area contributed by atoms with E-state index in [1.165, 1.54) is 6.92 Å². The van der Waals surface area contributed by atoms with Gasteiger partial charge in [-0.2, -0.15) is 0 Å². The Labute approximate surface area is 197 Å². The van der Waals surface area contributed by atoms with Crippen molar-refractivity contribution in [2.24, 2.45) is 5.92 Å². The predicted octanol–water partition coefficient (Wildman–Crippen LogP) is 3.60. The molecule has 2 N–H and O–H groups in total. The molecule has 2 amide bonds. The second kappa shape index (κ2) is 12.9. The molecule has 2 aromatic carbocycles. The fourth-order valence-electron chi connectivity index (χ4n) is 2.66. The number of rotatable bonds is 11. The third-order valence-electron chi connectivity index (χ3n) is 4.45. The zero-order valence-corrected chi connectivity index (χ0v) is 19.4. The summed E-state index contributed by atoms with van der Waals surface area (Å²) in [6, 6.07) is 12.5. The smallest absolute Gasteiger partial charge is 0.338 e. The number of ether oxygens (including phenoxy) is 2. The van der Waals surface area contributed by atoms with Crippen LogP contribution in [0.1, 0.15) is 54.3 Å². The Morgan fingerprint density at radius 3 is 1.79 bits per heavy atom. The standard InChI is InChI=1S/C25H28N2O7/c1-16(2)14-34-25(32)19-6-10-20(11-7-19)26-22(29)12-13-24(31)33-15-23(30)27-21-8-4-18(5-9-21)17(3)28/h4-11,16H,12-15H2,1-3H3,(H,26,29)(H,27,30). The number of carbonyl (C=O) groups is 5. The Morgan fingerprint density at radius 1 is 0.735 bits per heavy atom. The van der Waals surface area contributed by atoms with E-state index in [-0.39, 0.29) is 24.5 Å². The number of carbonyl (C=O) groups excluding carboxylic acids is 5. The van der Waals surface area contributed by atoms with Gasteiger partial charge in [0.25, 0.3) is 5.91 Å². The van der Waals surface area contributed by atoms with Gasteiger partial charge in [0.05, 0.1) is 18.6 Å². The van der Waals surface area contributed by atoms with Crippen LogP contribution in [0.25, 0.3) is 0 Å². The summed E-state index contributed by atoms with van der Waals surface area (Å²) in [5.74, 6) is -1.95. The second-order valence-electron chi connectivity index (χ2n) is 7.96. The van der Waals surface area contributed by atoms with Crippen LogP contribution in [0.4, 0.5) is 11.4 Å². The van der Waals surface area contributed by atoms with E-state index >= 15 is 0 Å². The Kier molecular flexibility index (Phi) is 9.94. The van der Waals surface area contributed by atoms with Crippen LogP contribution in [0.2, 0.25) is 0 Å². The Balaban J connectivity index is 1.69. The maximum atomic E-state index is 12.1. The average molecular weight is 469 g/mol. The molecule has 0 atom stereocenters. The van der Waals surface area contributed by atoms with Crippen molar-refractivity contribution in [3.63, 3.8) is 0 Å². The summed E-state index contributed by atoms with van der Waals surface area (Å²) < 4.78 is 10.0. The van der Waals surface area contributed by atoms with Crippen LogP contribution in [0.3, 0.4) is 0 Å². The molecule has 0 saturated carbocycles. The van der Waals surface area contributed by atoms with E-state index in [2.05, 4.69) is 10.6 Å². The molecule has 0 aliphatic carbocycles. The SMILES string of the molecule is CC(=O)c1ccc(NC(=O)COC(=O)CCC(=O)Nc2ccc(C(=O)OCC(C)C)cc2)cc1. The van der Waals surface area contributed by atoms with Gasteiger partial charge in [-0.25, -0.2) is 4.79 Å². The highest BCUT2D eigenvalue weighted by atomic mass is 16.5. The lowest BCUT2D eigenvalue weighted by molar-refractivity contribution is -0.147. The molecule has 0 radical (unpaired) electrons. The highest BCUT2D eigenvalue weighted by molar-refractivity contribution is 5.97. The van der Waals surface area contributed by atoms with Crippen molar-refractivity contribution in [1.82, 2.24) is 0 Å². The fourth-order valence-corrected chi connectivity index (χ4v) is 2.66. The van der Waals surface area contributed by atoms with E-state index in [0.717, 1.165) is 0 Å².